The molecule has 0 aliphatic carbocycles. The number of methoxy groups -OCH3 is 1. The minimum absolute atomic E-state index is 0.0607. The van der Waals surface area contributed by atoms with Crippen molar-refractivity contribution in [2.75, 3.05) is 12.0 Å². The van der Waals surface area contributed by atoms with E-state index in [1.807, 2.05) is 19.1 Å². The fourth-order valence-electron chi connectivity index (χ4n) is 2.92. The number of anilines is 1. The monoisotopic (exact) mass is 263 g/mol. The van der Waals surface area contributed by atoms with Crippen molar-refractivity contribution in [3.63, 3.8) is 0 Å². The van der Waals surface area contributed by atoms with Crippen molar-refractivity contribution in [1.82, 2.24) is 0 Å². The molecule has 106 valence electrons. The van der Waals surface area contributed by atoms with Crippen molar-refractivity contribution < 1.29 is 9.84 Å². The molecule has 0 aromatic heterocycles. The summed E-state index contributed by atoms with van der Waals surface area (Å²) in [6.07, 6.45) is 1.30. The van der Waals surface area contributed by atoms with Crippen molar-refractivity contribution in [1.29, 1.82) is 0 Å². The maximum atomic E-state index is 10.4. The van der Waals surface area contributed by atoms with Gasteiger partial charge in [-0.3, -0.25) is 0 Å². The van der Waals surface area contributed by atoms with Crippen molar-refractivity contribution in [2.24, 2.45) is 5.92 Å². The number of ether oxygens (including phenoxy) is 1. The number of rotatable bonds is 3. The van der Waals surface area contributed by atoms with Gasteiger partial charge >= 0.3 is 0 Å². The van der Waals surface area contributed by atoms with E-state index < -0.39 is 6.23 Å². The van der Waals surface area contributed by atoms with Gasteiger partial charge in [-0.05, 0) is 44.2 Å². The average molecular weight is 263 g/mol. The highest BCUT2D eigenvalue weighted by Crippen LogP contribution is 2.42. The maximum Gasteiger partial charge on any atom is 0.127 e. The Balaban J connectivity index is 2.54. The minimum atomic E-state index is -0.455. The van der Waals surface area contributed by atoms with Gasteiger partial charge in [0.05, 0.1) is 7.11 Å². The Kier molecular flexibility index (Phi) is 3.77. The van der Waals surface area contributed by atoms with Crippen molar-refractivity contribution in [3.05, 3.63) is 23.8 Å². The molecule has 1 aliphatic rings. The fraction of sp³-hybridized carbons (Fsp3) is 0.625. The molecule has 2 unspecified atom stereocenters. The van der Waals surface area contributed by atoms with Gasteiger partial charge in [0, 0.05) is 17.3 Å². The van der Waals surface area contributed by atoms with Crippen LogP contribution < -0.4 is 9.64 Å². The minimum Gasteiger partial charge on any atom is -0.497 e. The van der Waals surface area contributed by atoms with Crippen LogP contribution in [0.1, 0.15) is 39.7 Å². The Morgan fingerprint density at radius 2 is 2.16 bits per heavy atom. The van der Waals surface area contributed by atoms with E-state index in [0.717, 1.165) is 17.9 Å². The zero-order valence-corrected chi connectivity index (χ0v) is 12.6. The van der Waals surface area contributed by atoms with Crippen molar-refractivity contribution in [2.45, 2.75) is 52.3 Å². The largest absolute Gasteiger partial charge is 0.497 e. The smallest absolute Gasteiger partial charge is 0.127 e. The first kappa shape index (κ1) is 14.2. The van der Waals surface area contributed by atoms with Crippen LogP contribution in [0, 0.1) is 5.92 Å². The summed E-state index contributed by atoms with van der Waals surface area (Å²) in [6.45, 7) is 8.68. The Morgan fingerprint density at radius 1 is 1.47 bits per heavy atom. The van der Waals surface area contributed by atoms with Gasteiger partial charge in [0.2, 0.25) is 0 Å². The van der Waals surface area contributed by atoms with Crippen LogP contribution >= 0.6 is 0 Å². The Labute approximate surface area is 116 Å². The number of fused-ring (bicyclic) bond motifs is 1. The topological polar surface area (TPSA) is 32.7 Å². The second-order valence-corrected chi connectivity index (χ2v) is 6.01. The predicted octanol–water partition coefficient (Wildman–Crippen LogP) is 3.20. The molecule has 3 heteroatoms. The number of benzene rings is 1. The molecule has 3 nitrogen and oxygen atoms in total. The molecule has 0 radical (unpaired) electrons. The number of hydrogen-bond acceptors (Lipinski definition) is 3. The summed E-state index contributed by atoms with van der Waals surface area (Å²) in [7, 11) is 1.68. The first-order valence-corrected chi connectivity index (χ1v) is 7.06. The third kappa shape index (κ3) is 2.32. The number of nitrogens with zero attached hydrogens (tertiary/aromatic N) is 1. The molecule has 0 bridgehead atoms. The van der Waals surface area contributed by atoms with Crippen molar-refractivity contribution in [3.8, 4) is 5.75 Å². The molecule has 19 heavy (non-hydrogen) atoms. The summed E-state index contributed by atoms with van der Waals surface area (Å²) < 4.78 is 5.33. The molecule has 1 aromatic carbocycles. The summed E-state index contributed by atoms with van der Waals surface area (Å²) in [5, 5.41) is 10.4. The summed E-state index contributed by atoms with van der Waals surface area (Å²) in [4.78, 5) is 2.15. The molecule has 2 atom stereocenters. The lowest BCUT2D eigenvalue weighted by Crippen LogP contribution is -2.57. The van der Waals surface area contributed by atoms with Gasteiger partial charge < -0.3 is 14.7 Å². The zero-order valence-electron chi connectivity index (χ0n) is 12.6. The van der Waals surface area contributed by atoms with Gasteiger partial charge in [-0.1, -0.05) is 19.9 Å². The van der Waals surface area contributed by atoms with Gasteiger partial charge in [-0.2, -0.15) is 0 Å². The van der Waals surface area contributed by atoms with E-state index >= 15 is 0 Å². The van der Waals surface area contributed by atoms with E-state index in [1.54, 1.807) is 7.11 Å². The first-order chi connectivity index (χ1) is 8.91. The van der Waals surface area contributed by atoms with E-state index in [-0.39, 0.29) is 5.54 Å². The second kappa shape index (κ2) is 5.04. The van der Waals surface area contributed by atoms with Gasteiger partial charge in [0.1, 0.15) is 12.0 Å². The Morgan fingerprint density at radius 3 is 2.74 bits per heavy atom. The predicted molar refractivity (Wildman–Crippen MR) is 78.7 cm³/mol. The fourth-order valence-corrected chi connectivity index (χ4v) is 2.92. The molecule has 1 aliphatic heterocycles. The van der Waals surface area contributed by atoms with E-state index in [9.17, 15) is 5.11 Å². The van der Waals surface area contributed by atoms with Crippen LogP contribution in [-0.2, 0) is 6.42 Å². The summed E-state index contributed by atoms with van der Waals surface area (Å²) in [6, 6.07) is 6.16. The third-order valence-electron chi connectivity index (χ3n) is 4.57. The van der Waals surface area contributed by atoms with Crippen LogP contribution in [0.15, 0.2) is 18.2 Å². The molecular weight excluding hydrogens is 238 g/mol. The standard InChI is InChI=1S/C16H25NO2/c1-6-15(18)17-14-10-13(19-5)8-7-12(14)9-11(2)16(17,3)4/h7-8,10-11,15,18H,6,9H2,1-5H3. The van der Waals surface area contributed by atoms with Crippen LogP contribution in [0.25, 0.3) is 0 Å². The van der Waals surface area contributed by atoms with E-state index in [0.29, 0.717) is 12.3 Å². The normalized spacial score (nSPS) is 22.8. The van der Waals surface area contributed by atoms with E-state index in [2.05, 4.69) is 31.7 Å². The van der Waals surface area contributed by atoms with Gasteiger partial charge in [0.25, 0.3) is 0 Å². The highest BCUT2D eigenvalue weighted by atomic mass is 16.5. The molecule has 0 saturated carbocycles. The number of hydrogen-bond donors (Lipinski definition) is 1. The van der Waals surface area contributed by atoms with Crippen molar-refractivity contribution >= 4 is 5.69 Å². The summed E-state index contributed by atoms with van der Waals surface area (Å²) >= 11 is 0. The van der Waals surface area contributed by atoms with Crippen LogP contribution in [0.3, 0.4) is 0 Å². The van der Waals surface area contributed by atoms with E-state index in [1.165, 1.54) is 5.56 Å². The number of aliphatic hydroxyl groups excluding tert-OH is 1. The average Bonchev–Trinajstić information content (AvgIpc) is 2.38. The molecular formula is C16H25NO2. The Hall–Kier alpha value is -1.22. The molecule has 1 N–H and O–H groups in total. The van der Waals surface area contributed by atoms with Crippen LogP contribution in [0.2, 0.25) is 0 Å². The highest BCUT2D eigenvalue weighted by molar-refractivity contribution is 5.61. The van der Waals surface area contributed by atoms with E-state index in [4.69, 9.17) is 4.74 Å². The number of aliphatic hydroxyl groups is 1. The summed E-state index contributed by atoms with van der Waals surface area (Å²) in [5.41, 5.74) is 2.34. The Bertz CT molecular complexity index is 456. The van der Waals surface area contributed by atoms with Crippen LogP contribution in [-0.4, -0.2) is 24.0 Å². The van der Waals surface area contributed by atoms with Crippen LogP contribution in [0.5, 0.6) is 5.75 Å². The maximum absolute atomic E-state index is 10.4. The SMILES string of the molecule is CCC(O)N1c2cc(OC)ccc2CC(C)C1(C)C. The van der Waals surface area contributed by atoms with Gasteiger partial charge in [0.15, 0.2) is 0 Å². The van der Waals surface area contributed by atoms with Gasteiger partial charge in [-0.25, -0.2) is 0 Å². The lowest BCUT2D eigenvalue weighted by molar-refractivity contribution is 0.116. The molecule has 1 aromatic rings. The molecule has 0 saturated heterocycles. The summed E-state index contributed by atoms with van der Waals surface area (Å²) in [5.74, 6) is 1.34. The lowest BCUT2D eigenvalue weighted by atomic mass is 9.77. The highest BCUT2D eigenvalue weighted by Gasteiger charge is 2.41. The molecule has 0 fully saturated rings. The van der Waals surface area contributed by atoms with Crippen LogP contribution in [0.4, 0.5) is 5.69 Å². The second-order valence-electron chi connectivity index (χ2n) is 6.01. The third-order valence-corrected chi connectivity index (χ3v) is 4.57. The molecule has 2 rings (SSSR count). The first-order valence-electron chi connectivity index (χ1n) is 7.06. The molecule has 1 heterocycles. The lowest BCUT2D eigenvalue weighted by Gasteiger charge is -2.51. The molecule has 0 amide bonds. The molecule has 0 spiro atoms. The van der Waals surface area contributed by atoms with Gasteiger partial charge in [-0.15, -0.1) is 0 Å². The zero-order chi connectivity index (χ0) is 14.2. The quantitative estimate of drug-likeness (QED) is 0.909.